The van der Waals surface area contributed by atoms with Crippen LogP contribution in [-0.4, -0.2) is 20.5 Å². The summed E-state index contributed by atoms with van der Waals surface area (Å²) in [6, 6.07) is 19.8. The zero-order valence-corrected chi connectivity index (χ0v) is 15.4. The average molecular weight is 386 g/mol. The first kappa shape index (κ1) is 15.4. The van der Waals surface area contributed by atoms with Crippen LogP contribution in [0.4, 0.5) is 5.95 Å². The third-order valence-electron chi connectivity index (χ3n) is 4.73. The molecule has 1 atom stereocenters. The molecule has 0 unspecified atom stereocenters. The molecule has 0 bridgehead atoms. The summed E-state index contributed by atoms with van der Waals surface area (Å²) in [5.41, 5.74) is 8.80. The van der Waals surface area contributed by atoms with Gasteiger partial charge in [-0.15, -0.1) is 11.3 Å². The van der Waals surface area contributed by atoms with Gasteiger partial charge in [0.25, 0.3) is 0 Å². The van der Waals surface area contributed by atoms with Crippen molar-refractivity contribution in [2.45, 2.75) is 6.17 Å². The predicted octanol–water partition coefficient (Wildman–Crippen LogP) is 4.19. The highest BCUT2D eigenvalue weighted by Gasteiger charge is 2.27. The normalized spacial score (nSPS) is 16.1. The Labute approximate surface area is 163 Å². The van der Waals surface area contributed by atoms with Gasteiger partial charge in [-0.3, -0.25) is 9.88 Å². The number of benzene rings is 2. The molecule has 5 aromatic rings. The second kappa shape index (κ2) is 5.67. The molecule has 28 heavy (non-hydrogen) atoms. The van der Waals surface area contributed by atoms with E-state index in [-0.39, 0.29) is 0 Å². The van der Waals surface area contributed by atoms with Crippen molar-refractivity contribution in [1.82, 2.24) is 14.5 Å². The van der Waals surface area contributed by atoms with Crippen LogP contribution in [0.2, 0.25) is 0 Å². The molecule has 4 heterocycles. The lowest BCUT2D eigenvalue weighted by molar-refractivity contribution is 0.449. The zero-order chi connectivity index (χ0) is 18.7. The maximum Gasteiger partial charge on any atom is 0.212 e. The Morgan fingerprint density at radius 2 is 1.79 bits per heavy atom. The highest BCUT2D eigenvalue weighted by atomic mass is 32.1. The minimum absolute atomic E-state index is 0.311. The summed E-state index contributed by atoms with van der Waals surface area (Å²) in [6.07, 6.45) is -0.424. The van der Waals surface area contributed by atoms with E-state index in [9.17, 15) is 0 Å². The van der Waals surface area contributed by atoms with Gasteiger partial charge in [0.2, 0.25) is 5.95 Å². The lowest BCUT2D eigenvalue weighted by Crippen LogP contribution is -2.31. The molecule has 136 valence electrons. The monoisotopic (exact) mass is 386 g/mol. The van der Waals surface area contributed by atoms with E-state index in [0.29, 0.717) is 17.7 Å². The van der Waals surface area contributed by atoms with Gasteiger partial charge >= 0.3 is 0 Å². The number of imidazole rings is 1. The molecule has 3 N–H and O–H groups in total. The molecule has 1 aliphatic heterocycles. The number of nitrogens with one attached hydrogen (secondary N) is 1. The fourth-order valence-corrected chi connectivity index (χ4v) is 4.42. The number of hydrogen-bond donors (Lipinski definition) is 2. The van der Waals surface area contributed by atoms with E-state index in [1.54, 1.807) is 11.3 Å². The summed E-state index contributed by atoms with van der Waals surface area (Å²) >= 11 is 1.60. The average Bonchev–Trinajstić information content (AvgIpc) is 3.42. The summed E-state index contributed by atoms with van der Waals surface area (Å²) in [5.74, 6) is 2.36. The van der Waals surface area contributed by atoms with Gasteiger partial charge in [-0.05, 0) is 36.4 Å². The lowest BCUT2D eigenvalue weighted by Gasteiger charge is -2.21. The van der Waals surface area contributed by atoms with Crippen molar-refractivity contribution < 1.29 is 4.42 Å². The van der Waals surface area contributed by atoms with Crippen molar-refractivity contribution in [3.8, 4) is 10.8 Å². The third kappa shape index (κ3) is 2.25. The van der Waals surface area contributed by atoms with Gasteiger partial charge in [0.05, 0.1) is 21.3 Å². The molecule has 0 saturated carbocycles. The van der Waals surface area contributed by atoms with E-state index < -0.39 is 6.17 Å². The minimum Gasteiger partial charge on any atom is -0.454 e. The molecule has 2 aromatic carbocycles. The highest BCUT2D eigenvalue weighted by molar-refractivity contribution is 7.21. The van der Waals surface area contributed by atoms with Crippen LogP contribution in [0.25, 0.3) is 32.0 Å². The second-order valence-electron chi connectivity index (χ2n) is 6.50. The highest BCUT2D eigenvalue weighted by Crippen LogP contribution is 2.36. The number of para-hydroxylation sites is 3. The van der Waals surface area contributed by atoms with E-state index >= 15 is 0 Å². The van der Waals surface area contributed by atoms with Crippen molar-refractivity contribution in [3.63, 3.8) is 0 Å². The number of aromatic nitrogens is 3. The molecule has 0 fully saturated rings. The summed E-state index contributed by atoms with van der Waals surface area (Å²) in [5, 5.41) is 3.87. The molecule has 0 saturated heterocycles. The van der Waals surface area contributed by atoms with Crippen molar-refractivity contribution in [2.24, 2.45) is 10.7 Å². The summed E-state index contributed by atoms with van der Waals surface area (Å²) in [7, 11) is 0. The van der Waals surface area contributed by atoms with Crippen LogP contribution in [0.1, 0.15) is 11.9 Å². The minimum atomic E-state index is -0.424. The van der Waals surface area contributed by atoms with Crippen molar-refractivity contribution in [1.29, 1.82) is 0 Å². The topological polar surface area (TPSA) is 94.3 Å². The quantitative estimate of drug-likeness (QED) is 0.474. The van der Waals surface area contributed by atoms with Crippen LogP contribution in [0, 0.1) is 0 Å². The van der Waals surface area contributed by atoms with Gasteiger partial charge in [-0.2, -0.15) is 0 Å². The Balaban J connectivity index is 1.47. The first-order chi connectivity index (χ1) is 13.8. The Bertz CT molecular complexity index is 1340. The molecule has 7 nitrogen and oxygen atoms in total. The fraction of sp³-hybridized carbons (Fsp3) is 0.0500. The molecule has 1 aliphatic rings. The molecule has 0 spiro atoms. The van der Waals surface area contributed by atoms with Crippen molar-refractivity contribution >= 4 is 44.5 Å². The Hall–Kier alpha value is -3.65. The maximum atomic E-state index is 6.17. The number of aliphatic imine (C=N–C) groups is 1. The van der Waals surface area contributed by atoms with Crippen molar-refractivity contribution in [3.05, 3.63) is 66.4 Å². The largest absolute Gasteiger partial charge is 0.454 e. The summed E-state index contributed by atoms with van der Waals surface area (Å²) in [4.78, 5) is 13.8. The molecule has 0 aliphatic carbocycles. The first-order valence-corrected chi connectivity index (χ1v) is 9.61. The number of guanidine groups is 1. The Kier molecular flexibility index (Phi) is 3.12. The van der Waals surface area contributed by atoms with Gasteiger partial charge in [0.15, 0.2) is 22.9 Å². The Morgan fingerprint density at radius 1 is 0.964 bits per heavy atom. The molecular weight excluding hydrogens is 372 g/mol. The molecule has 0 radical (unpaired) electrons. The third-order valence-corrected chi connectivity index (χ3v) is 5.78. The molecule has 0 amide bonds. The summed E-state index contributed by atoms with van der Waals surface area (Å²) in [6.45, 7) is 0. The maximum absolute atomic E-state index is 6.17. The van der Waals surface area contributed by atoms with Gasteiger partial charge in [0, 0.05) is 0 Å². The molecular formula is C20H14N6OS. The number of rotatable bonds is 2. The van der Waals surface area contributed by atoms with Crippen LogP contribution in [0.5, 0.6) is 0 Å². The van der Waals surface area contributed by atoms with Gasteiger partial charge in [-0.25, -0.2) is 15.0 Å². The van der Waals surface area contributed by atoms with E-state index in [4.69, 9.17) is 10.2 Å². The Morgan fingerprint density at radius 3 is 2.68 bits per heavy atom. The predicted molar refractivity (Wildman–Crippen MR) is 110 cm³/mol. The lowest BCUT2D eigenvalue weighted by atomic mass is 10.3. The number of anilines is 1. The molecule has 8 heteroatoms. The number of fused-ring (bicyclic) bond motifs is 4. The van der Waals surface area contributed by atoms with Crippen LogP contribution in [0.3, 0.4) is 0 Å². The van der Waals surface area contributed by atoms with E-state index in [2.05, 4.69) is 26.3 Å². The SMILES string of the molecule is NC1=N[C@@H](c2ccc(-c3nc4ccccc4s3)o2)n2c(nc3ccccc32)N1. The fourth-order valence-electron chi connectivity index (χ4n) is 3.49. The molecule has 3 aromatic heterocycles. The number of thiazole rings is 1. The van der Waals surface area contributed by atoms with Gasteiger partial charge in [-0.1, -0.05) is 24.3 Å². The van der Waals surface area contributed by atoms with E-state index in [1.807, 2.05) is 59.2 Å². The number of furan rings is 1. The standard InChI is InChI=1S/C20H14N6OS/c21-19-24-17(26-13-7-3-1-5-11(13)23-20(26)25-19)14-9-10-15(27-14)18-22-12-6-2-4-8-16(12)28-18/h1-10,17H,(H3,21,23,24,25)/t17-/m1/s1. The second-order valence-corrected chi connectivity index (χ2v) is 7.53. The number of hydrogen-bond acceptors (Lipinski definition) is 7. The van der Waals surface area contributed by atoms with E-state index in [0.717, 1.165) is 32.0 Å². The van der Waals surface area contributed by atoms with Crippen LogP contribution >= 0.6 is 11.3 Å². The van der Waals surface area contributed by atoms with Gasteiger partial charge < -0.3 is 10.2 Å². The number of nitrogens with two attached hydrogens (primary N) is 1. The summed E-state index contributed by atoms with van der Waals surface area (Å²) < 4.78 is 9.29. The first-order valence-electron chi connectivity index (χ1n) is 8.79. The van der Waals surface area contributed by atoms with Crippen molar-refractivity contribution in [2.75, 3.05) is 5.32 Å². The van der Waals surface area contributed by atoms with E-state index in [1.165, 1.54) is 0 Å². The van der Waals surface area contributed by atoms with Gasteiger partial charge in [0.1, 0.15) is 5.76 Å². The zero-order valence-electron chi connectivity index (χ0n) is 14.5. The van der Waals surface area contributed by atoms with Crippen LogP contribution in [0.15, 0.2) is 70.1 Å². The smallest absolute Gasteiger partial charge is 0.212 e. The molecule has 6 rings (SSSR count). The number of nitrogens with zero attached hydrogens (tertiary/aromatic N) is 4. The van der Waals surface area contributed by atoms with Crippen LogP contribution in [-0.2, 0) is 0 Å². The van der Waals surface area contributed by atoms with Crippen LogP contribution < -0.4 is 11.1 Å².